The second kappa shape index (κ2) is 17.5. The molecule has 0 aromatic heterocycles. The van der Waals surface area contributed by atoms with Crippen LogP contribution in [0.2, 0.25) is 0 Å². The van der Waals surface area contributed by atoms with Gasteiger partial charge in [0, 0.05) is 25.3 Å². The Labute approximate surface area is 238 Å². The Bertz CT molecular complexity index is 980. The lowest BCUT2D eigenvalue weighted by Gasteiger charge is -2.32. The summed E-state index contributed by atoms with van der Waals surface area (Å²) in [6.07, 6.45) is 2.45. The normalized spacial score (nSPS) is 14.8. The lowest BCUT2D eigenvalue weighted by Crippen LogP contribution is -2.59. The fourth-order valence-corrected chi connectivity index (χ4v) is 3.57. The number of unbranched alkanes of at least 4 members (excludes halogenated alkanes) is 1. The molecule has 1 aromatic carbocycles. The predicted octanol–water partition coefficient (Wildman–Crippen LogP) is 6.03. The molecule has 0 aliphatic carbocycles. The summed E-state index contributed by atoms with van der Waals surface area (Å²) in [5.74, 6) is -2.18. The van der Waals surface area contributed by atoms with E-state index in [0.29, 0.717) is 18.4 Å². The van der Waals surface area contributed by atoms with Gasteiger partial charge in [-0.05, 0) is 49.3 Å². The van der Waals surface area contributed by atoms with Crippen LogP contribution < -0.4 is 14.8 Å². The van der Waals surface area contributed by atoms with E-state index in [9.17, 15) is 24.3 Å². The summed E-state index contributed by atoms with van der Waals surface area (Å²) in [6.45, 7) is 13.4. The zero-order valence-corrected chi connectivity index (χ0v) is 25.0. The van der Waals surface area contributed by atoms with Crippen LogP contribution in [0.5, 0.6) is 11.5 Å². The average molecular weight is 566 g/mol. The Morgan fingerprint density at radius 3 is 1.95 bits per heavy atom. The maximum Gasteiger partial charge on any atom is 0.510 e. The third-order valence-electron chi connectivity index (χ3n) is 6.75. The van der Waals surface area contributed by atoms with E-state index in [0.717, 1.165) is 19.3 Å². The van der Waals surface area contributed by atoms with Crippen LogP contribution in [0.3, 0.4) is 0 Å². The molecule has 0 radical (unpaired) electrons. The first-order valence-electron chi connectivity index (χ1n) is 14.3. The van der Waals surface area contributed by atoms with Crippen molar-refractivity contribution in [1.29, 1.82) is 0 Å². The van der Waals surface area contributed by atoms with Crippen molar-refractivity contribution in [3.63, 3.8) is 0 Å². The maximum absolute atomic E-state index is 12.6. The van der Waals surface area contributed by atoms with Crippen molar-refractivity contribution in [3.05, 3.63) is 23.8 Å². The lowest BCUT2D eigenvalue weighted by atomic mass is 10.00. The van der Waals surface area contributed by atoms with Crippen LogP contribution in [0, 0.1) is 11.8 Å². The number of nitrogens with one attached hydrogen (secondary N) is 1. The van der Waals surface area contributed by atoms with Gasteiger partial charge < -0.3 is 24.1 Å². The molecule has 0 spiro atoms. The minimum absolute atomic E-state index is 0.0170. The van der Waals surface area contributed by atoms with E-state index in [1.165, 1.54) is 12.1 Å². The quantitative estimate of drug-likeness (QED) is 0.0938. The number of carboxylic acid groups (broad SMARTS) is 1. The van der Waals surface area contributed by atoms with E-state index >= 15 is 0 Å². The number of carbonyl (C=O) groups excluding carboxylic acids is 3. The van der Waals surface area contributed by atoms with Crippen LogP contribution in [0.15, 0.2) is 18.2 Å². The van der Waals surface area contributed by atoms with Gasteiger partial charge in [-0.1, -0.05) is 66.9 Å². The highest BCUT2D eigenvalue weighted by molar-refractivity contribution is 5.81. The number of esters is 2. The zero-order chi connectivity index (χ0) is 30.3. The van der Waals surface area contributed by atoms with Gasteiger partial charge in [0.15, 0.2) is 11.5 Å². The molecule has 40 heavy (non-hydrogen) atoms. The number of carboxylic acids is 1. The van der Waals surface area contributed by atoms with Crippen LogP contribution >= 0.6 is 0 Å². The highest BCUT2D eigenvalue weighted by Gasteiger charge is 2.44. The number of benzene rings is 1. The molecular formula is C30H47NO9. The van der Waals surface area contributed by atoms with Gasteiger partial charge in [-0.2, -0.15) is 0 Å². The molecule has 0 bridgehead atoms. The third kappa shape index (κ3) is 11.9. The molecule has 0 saturated carbocycles. The summed E-state index contributed by atoms with van der Waals surface area (Å²) >= 11 is 0. The van der Waals surface area contributed by atoms with E-state index in [1.54, 1.807) is 13.0 Å². The van der Waals surface area contributed by atoms with Gasteiger partial charge in [0.25, 0.3) is 5.72 Å². The molecule has 1 rings (SSSR count). The fraction of sp³-hybridized carbons (Fsp3) is 0.667. The molecule has 0 amide bonds. The standard InChI is InChI=1S/C30H47NO9/c1-8-12-15-37-29(36)40-30(28(34)35,31-22(7)11-4)19-23-13-14-24(38-26(32)16-20(5)9-2)25(18-23)39-27(33)17-21(6)10-3/h13-14,18,20-22,31H,8-12,15-17,19H2,1-7H3,(H,34,35)/t20?,21?,22?,30-/m0/s1. The Balaban J connectivity index is 3.42. The van der Waals surface area contributed by atoms with Crippen molar-refractivity contribution in [2.45, 2.75) is 112 Å². The highest BCUT2D eigenvalue weighted by Crippen LogP contribution is 2.32. The number of carbonyl (C=O) groups is 4. The summed E-state index contributed by atoms with van der Waals surface area (Å²) in [5.41, 5.74) is -1.79. The Morgan fingerprint density at radius 2 is 1.45 bits per heavy atom. The maximum atomic E-state index is 12.6. The first kappa shape index (κ1) is 34.9. The number of rotatable bonds is 18. The molecule has 0 fully saturated rings. The van der Waals surface area contributed by atoms with E-state index in [2.05, 4.69) is 5.32 Å². The van der Waals surface area contributed by atoms with Gasteiger partial charge in [-0.25, -0.2) is 9.59 Å². The molecule has 226 valence electrons. The molecule has 0 saturated heterocycles. The predicted molar refractivity (Wildman–Crippen MR) is 150 cm³/mol. The van der Waals surface area contributed by atoms with Gasteiger partial charge in [0.05, 0.1) is 6.61 Å². The monoisotopic (exact) mass is 565 g/mol. The number of hydrogen-bond donors (Lipinski definition) is 2. The Hall–Kier alpha value is -3.14. The minimum Gasteiger partial charge on any atom is -0.477 e. The summed E-state index contributed by atoms with van der Waals surface area (Å²) in [6, 6.07) is 4.10. The molecule has 3 unspecified atom stereocenters. The molecule has 10 nitrogen and oxygen atoms in total. The lowest BCUT2D eigenvalue weighted by molar-refractivity contribution is -0.167. The van der Waals surface area contributed by atoms with E-state index in [-0.39, 0.29) is 55.2 Å². The number of ether oxygens (including phenoxy) is 4. The summed E-state index contributed by atoms with van der Waals surface area (Å²) in [7, 11) is 0. The van der Waals surface area contributed by atoms with Gasteiger partial charge in [0.1, 0.15) is 0 Å². The summed E-state index contributed by atoms with van der Waals surface area (Å²) in [4.78, 5) is 50.2. The fourth-order valence-electron chi connectivity index (χ4n) is 3.57. The van der Waals surface area contributed by atoms with Crippen LogP contribution in [0.1, 0.15) is 99.0 Å². The number of aliphatic carboxylic acids is 1. The molecule has 1 aromatic rings. The molecule has 4 atom stereocenters. The van der Waals surface area contributed by atoms with Gasteiger partial charge in [0.2, 0.25) is 0 Å². The molecule has 2 N–H and O–H groups in total. The molecule has 0 aliphatic heterocycles. The summed E-state index contributed by atoms with van der Waals surface area (Å²) < 4.78 is 21.6. The molecule has 0 aliphatic rings. The third-order valence-corrected chi connectivity index (χ3v) is 6.75. The van der Waals surface area contributed by atoms with Crippen molar-refractivity contribution in [2.75, 3.05) is 6.61 Å². The van der Waals surface area contributed by atoms with Crippen molar-refractivity contribution in [3.8, 4) is 11.5 Å². The zero-order valence-electron chi connectivity index (χ0n) is 25.0. The molecule has 10 heteroatoms. The van der Waals surface area contributed by atoms with Crippen LogP contribution in [-0.4, -0.2) is 47.5 Å². The Morgan fingerprint density at radius 1 is 0.875 bits per heavy atom. The van der Waals surface area contributed by atoms with Gasteiger partial charge >= 0.3 is 24.1 Å². The summed E-state index contributed by atoms with van der Waals surface area (Å²) in [5, 5.41) is 13.1. The highest BCUT2D eigenvalue weighted by atomic mass is 16.7. The average Bonchev–Trinajstić information content (AvgIpc) is 2.89. The van der Waals surface area contributed by atoms with E-state index < -0.39 is 29.8 Å². The van der Waals surface area contributed by atoms with Crippen LogP contribution in [-0.2, 0) is 30.3 Å². The first-order chi connectivity index (χ1) is 18.9. The topological polar surface area (TPSA) is 137 Å². The molecule has 0 heterocycles. The molecular weight excluding hydrogens is 518 g/mol. The van der Waals surface area contributed by atoms with Crippen molar-refractivity contribution in [2.24, 2.45) is 11.8 Å². The Kier molecular flexibility index (Phi) is 15.3. The first-order valence-corrected chi connectivity index (χ1v) is 14.3. The van der Waals surface area contributed by atoms with Crippen molar-refractivity contribution < 1.29 is 43.2 Å². The smallest absolute Gasteiger partial charge is 0.477 e. The van der Waals surface area contributed by atoms with Crippen LogP contribution in [0.25, 0.3) is 0 Å². The SMILES string of the molecule is CCCCOC(=O)O[C@](Cc1ccc(OC(=O)CC(C)CC)c(OC(=O)CC(C)CC)c1)(NC(C)CC)C(=O)O. The minimum atomic E-state index is -2.16. The second-order valence-corrected chi connectivity index (χ2v) is 10.5. The second-order valence-electron chi connectivity index (χ2n) is 10.5. The van der Waals surface area contributed by atoms with E-state index in [4.69, 9.17) is 18.9 Å². The van der Waals surface area contributed by atoms with Crippen LogP contribution in [0.4, 0.5) is 4.79 Å². The number of hydrogen-bond acceptors (Lipinski definition) is 9. The van der Waals surface area contributed by atoms with E-state index in [1.807, 2.05) is 41.5 Å². The van der Waals surface area contributed by atoms with Crippen molar-refractivity contribution in [1.82, 2.24) is 5.32 Å². The largest absolute Gasteiger partial charge is 0.510 e. The van der Waals surface area contributed by atoms with Gasteiger partial charge in [-0.15, -0.1) is 0 Å². The van der Waals surface area contributed by atoms with Crippen molar-refractivity contribution >= 4 is 24.1 Å². The van der Waals surface area contributed by atoms with Gasteiger partial charge in [-0.3, -0.25) is 14.9 Å².